The van der Waals surface area contributed by atoms with Crippen LogP contribution in [0.25, 0.3) is 0 Å². The molecule has 0 aromatic heterocycles. The molecule has 0 aliphatic heterocycles. The molecule has 0 aromatic rings. The maximum atomic E-state index is 12.9. The van der Waals surface area contributed by atoms with Crippen molar-refractivity contribution in [2.24, 2.45) is 0 Å². The molecule has 0 heterocycles. The van der Waals surface area contributed by atoms with Gasteiger partial charge in [0.2, 0.25) is 0 Å². The predicted molar refractivity (Wildman–Crippen MR) is 325 cm³/mol. The van der Waals surface area contributed by atoms with Crippen molar-refractivity contribution in [3.05, 3.63) is 122 Å². The molecule has 0 saturated heterocycles. The number of carbonyl (C=O) groups excluding carboxylic acids is 3. The lowest BCUT2D eigenvalue weighted by molar-refractivity contribution is -0.167. The monoisotopic (exact) mass is 1040 g/mol. The summed E-state index contributed by atoms with van der Waals surface area (Å²) in [4.78, 5) is 38.1. The number of unbranched alkanes of at least 4 members (excludes halogenated alkanes) is 24. The molecule has 0 amide bonds. The van der Waals surface area contributed by atoms with Gasteiger partial charge in [-0.25, -0.2) is 0 Å². The largest absolute Gasteiger partial charge is 0.462 e. The van der Waals surface area contributed by atoms with E-state index in [0.717, 1.165) is 128 Å². The molecular weight excluding hydrogens is 925 g/mol. The van der Waals surface area contributed by atoms with Gasteiger partial charge in [-0.1, -0.05) is 264 Å². The van der Waals surface area contributed by atoms with Gasteiger partial charge in [-0.15, -0.1) is 0 Å². The van der Waals surface area contributed by atoms with E-state index >= 15 is 0 Å². The fraction of sp³-hybridized carbons (Fsp3) is 0.667. The van der Waals surface area contributed by atoms with Crippen molar-refractivity contribution in [2.75, 3.05) is 13.2 Å². The Bertz CT molecular complexity index is 1570. The Morgan fingerprint density at radius 3 is 0.840 bits per heavy atom. The molecule has 0 aliphatic rings. The molecular formula is C69H114O6. The summed E-state index contributed by atoms with van der Waals surface area (Å²) in [7, 11) is 0. The Morgan fingerprint density at radius 1 is 0.280 bits per heavy atom. The Morgan fingerprint density at radius 2 is 0.520 bits per heavy atom. The Hall–Kier alpha value is -4.19. The first-order valence-electron chi connectivity index (χ1n) is 31.0. The molecule has 75 heavy (non-hydrogen) atoms. The highest BCUT2D eigenvalue weighted by atomic mass is 16.6. The zero-order valence-electron chi connectivity index (χ0n) is 48.8. The smallest absolute Gasteiger partial charge is 0.306 e. The van der Waals surface area contributed by atoms with E-state index in [1.54, 1.807) is 0 Å². The summed E-state index contributed by atoms with van der Waals surface area (Å²) < 4.78 is 16.8. The Kier molecular flexibility index (Phi) is 58.9. The zero-order chi connectivity index (χ0) is 54.3. The normalized spacial score (nSPS) is 12.9. The van der Waals surface area contributed by atoms with Gasteiger partial charge in [-0.3, -0.25) is 14.4 Å². The molecule has 0 N–H and O–H groups in total. The highest BCUT2D eigenvalue weighted by Gasteiger charge is 2.19. The van der Waals surface area contributed by atoms with Crippen LogP contribution in [0.5, 0.6) is 0 Å². The van der Waals surface area contributed by atoms with Gasteiger partial charge in [0.25, 0.3) is 0 Å². The lowest BCUT2D eigenvalue weighted by Crippen LogP contribution is -2.30. The zero-order valence-corrected chi connectivity index (χ0v) is 48.8. The van der Waals surface area contributed by atoms with Crippen LogP contribution in [-0.4, -0.2) is 37.2 Å². The van der Waals surface area contributed by atoms with E-state index in [0.29, 0.717) is 19.3 Å². The number of ether oxygens (including phenoxy) is 3. The minimum atomic E-state index is -0.792. The number of hydrogen-bond acceptors (Lipinski definition) is 6. The average molecular weight is 1040 g/mol. The summed E-state index contributed by atoms with van der Waals surface area (Å²) in [5.74, 6) is -0.920. The van der Waals surface area contributed by atoms with Crippen LogP contribution in [0.3, 0.4) is 0 Å². The quantitative estimate of drug-likeness (QED) is 0.0261. The van der Waals surface area contributed by atoms with E-state index in [1.807, 2.05) is 0 Å². The molecule has 1 unspecified atom stereocenters. The van der Waals surface area contributed by atoms with Crippen molar-refractivity contribution in [3.8, 4) is 0 Å². The van der Waals surface area contributed by atoms with Crippen molar-refractivity contribution in [1.82, 2.24) is 0 Å². The second kappa shape index (κ2) is 62.4. The molecule has 0 aromatic carbocycles. The van der Waals surface area contributed by atoms with Crippen molar-refractivity contribution in [1.29, 1.82) is 0 Å². The van der Waals surface area contributed by atoms with Crippen molar-refractivity contribution >= 4 is 17.9 Å². The van der Waals surface area contributed by atoms with Crippen molar-refractivity contribution in [2.45, 2.75) is 284 Å². The summed E-state index contributed by atoms with van der Waals surface area (Å²) in [6.45, 7) is 6.46. The van der Waals surface area contributed by atoms with Crippen LogP contribution in [-0.2, 0) is 28.6 Å². The fourth-order valence-corrected chi connectivity index (χ4v) is 8.31. The molecule has 6 heteroatoms. The first-order valence-corrected chi connectivity index (χ1v) is 31.0. The minimum absolute atomic E-state index is 0.0884. The fourth-order valence-electron chi connectivity index (χ4n) is 8.31. The van der Waals surface area contributed by atoms with Gasteiger partial charge in [0.05, 0.1) is 0 Å². The molecule has 0 spiro atoms. The molecule has 0 fully saturated rings. The van der Waals surface area contributed by atoms with Crippen molar-refractivity contribution < 1.29 is 28.6 Å². The lowest BCUT2D eigenvalue weighted by atomic mass is 10.1. The minimum Gasteiger partial charge on any atom is -0.462 e. The van der Waals surface area contributed by atoms with Crippen LogP contribution in [0.2, 0.25) is 0 Å². The van der Waals surface area contributed by atoms with Gasteiger partial charge >= 0.3 is 17.9 Å². The van der Waals surface area contributed by atoms with E-state index in [9.17, 15) is 14.4 Å². The number of carbonyl (C=O) groups is 3. The molecule has 0 radical (unpaired) electrons. The van der Waals surface area contributed by atoms with E-state index < -0.39 is 6.10 Å². The summed E-state index contributed by atoms with van der Waals surface area (Å²) in [6, 6.07) is 0. The summed E-state index contributed by atoms with van der Waals surface area (Å²) in [6.07, 6.45) is 86.3. The third-order valence-corrected chi connectivity index (χ3v) is 13.0. The topological polar surface area (TPSA) is 78.9 Å². The summed E-state index contributed by atoms with van der Waals surface area (Å²) in [5.41, 5.74) is 0. The van der Waals surface area contributed by atoms with E-state index in [1.165, 1.54) is 109 Å². The highest BCUT2D eigenvalue weighted by molar-refractivity contribution is 5.71. The van der Waals surface area contributed by atoms with Crippen LogP contribution in [0.1, 0.15) is 278 Å². The van der Waals surface area contributed by atoms with E-state index in [2.05, 4.69) is 142 Å². The van der Waals surface area contributed by atoms with Gasteiger partial charge in [0.1, 0.15) is 13.2 Å². The number of rotatable bonds is 55. The standard InChI is InChI=1S/C69H114O6/c1-4-7-10-13-16-19-21-23-25-27-29-30-31-32-33-34-35-36-37-38-40-41-43-45-47-50-53-56-59-62-68(71)74-65-66(64-73-67(70)61-58-55-52-49-18-15-12-9-6-3)75-69(72)63-60-57-54-51-48-46-44-42-39-28-26-24-22-20-17-14-11-8-5-2/h7,10,16-17,19-20,23-26,29-30,32-33,35-36,38,40,43,45,66H,4-6,8-9,11-15,18,21-22,27-28,31,34,37,39,41-42,44,46-65H2,1-3H3/b10-7-,19-16-,20-17-,25-23-,26-24-,30-29-,33-32-,36-35-,40-38-,45-43-. The number of esters is 3. The molecule has 0 rings (SSSR count). The number of allylic oxidation sites excluding steroid dienone is 20. The van der Waals surface area contributed by atoms with Crippen LogP contribution < -0.4 is 0 Å². The first-order chi connectivity index (χ1) is 37.0. The van der Waals surface area contributed by atoms with Gasteiger partial charge in [-0.05, 0) is 116 Å². The molecule has 1 atom stereocenters. The van der Waals surface area contributed by atoms with E-state index in [-0.39, 0.29) is 31.1 Å². The van der Waals surface area contributed by atoms with Crippen LogP contribution in [0, 0.1) is 0 Å². The third-order valence-electron chi connectivity index (χ3n) is 13.0. The van der Waals surface area contributed by atoms with Gasteiger partial charge in [0, 0.05) is 19.3 Å². The maximum Gasteiger partial charge on any atom is 0.306 e. The first kappa shape index (κ1) is 70.8. The van der Waals surface area contributed by atoms with Crippen LogP contribution in [0.4, 0.5) is 0 Å². The van der Waals surface area contributed by atoms with Crippen LogP contribution in [0.15, 0.2) is 122 Å². The van der Waals surface area contributed by atoms with Gasteiger partial charge < -0.3 is 14.2 Å². The maximum absolute atomic E-state index is 12.9. The average Bonchev–Trinajstić information content (AvgIpc) is 3.41. The summed E-state index contributed by atoms with van der Waals surface area (Å²) >= 11 is 0. The highest BCUT2D eigenvalue weighted by Crippen LogP contribution is 2.15. The Balaban J connectivity index is 4.31. The predicted octanol–water partition coefficient (Wildman–Crippen LogP) is 21.2. The second-order valence-corrected chi connectivity index (χ2v) is 20.2. The molecule has 0 bridgehead atoms. The second-order valence-electron chi connectivity index (χ2n) is 20.2. The lowest BCUT2D eigenvalue weighted by Gasteiger charge is -2.18. The van der Waals surface area contributed by atoms with E-state index in [4.69, 9.17) is 14.2 Å². The number of hydrogen-bond donors (Lipinski definition) is 0. The van der Waals surface area contributed by atoms with Crippen LogP contribution >= 0.6 is 0 Å². The summed E-state index contributed by atoms with van der Waals surface area (Å²) in [5, 5.41) is 0. The molecule has 426 valence electrons. The molecule has 0 saturated carbocycles. The molecule has 6 nitrogen and oxygen atoms in total. The van der Waals surface area contributed by atoms with Gasteiger partial charge in [-0.2, -0.15) is 0 Å². The Labute approximate surface area is 462 Å². The van der Waals surface area contributed by atoms with Crippen molar-refractivity contribution in [3.63, 3.8) is 0 Å². The third kappa shape index (κ3) is 60.6. The SMILES string of the molecule is CC/C=C\C/C=C\C/C=C\C/C=C\C/C=C\C/C=C\C/C=C\C/C=C\CCCCCCC(=O)OCC(COC(=O)CCCCCCCCCCC)OC(=O)CCCCCCCCCCC/C=C\C/C=C\CCCCC. The van der Waals surface area contributed by atoms with Gasteiger partial charge in [0.15, 0.2) is 6.10 Å². The molecule has 0 aliphatic carbocycles.